The van der Waals surface area contributed by atoms with Crippen LogP contribution in [-0.2, 0) is 0 Å². The van der Waals surface area contributed by atoms with Crippen molar-refractivity contribution >= 4 is 11.6 Å². The Hall–Kier alpha value is -1.69. The fourth-order valence-electron chi connectivity index (χ4n) is 1.44. The molecule has 4 nitrogen and oxygen atoms in total. The minimum absolute atomic E-state index is 0.0343. The molecule has 4 N–H and O–H groups in total. The van der Waals surface area contributed by atoms with Gasteiger partial charge in [-0.05, 0) is 18.1 Å². The second kappa shape index (κ2) is 5.77. The lowest BCUT2D eigenvalue weighted by molar-refractivity contribution is 0.0892. The van der Waals surface area contributed by atoms with Crippen LogP contribution in [0.5, 0.6) is 0 Å². The number of nitrogen functional groups attached to an aromatic ring is 1. The number of halogens is 2. The first-order chi connectivity index (χ1) is 8.36. The minimum atomic E-state index is -0.964. The van der Waals surface area contributed by atoms with Gasteiger partial charge in [-0.2, -0.15) is 0 Å². The highest BCUT2D eigenvalue weighted by Crippen LogP contribution is 2.17. The van der Waals surface area contributed by atoms with Crippen molar-refractivity contribution in [2.45, 2.75) is 19.9 Å². The van der Waals surface area contributed by atoms with Gasteiger partial charge in [0, 0.05) is 0 Å². The molecule has 18 heavy (non-hydrogen) atoms. The average molecular weight is 258 g/mol. The number of rotatable bonds is 4. The topological polar surface area (TPSA) is 75.3 Å². The molecule has 0 aliphatic rings. The Morgan fingerprint density at radius 3 is 2.56 bits per heavy atom. The van der Waals surface area contributed by atoms with Crippen molar-refractivity contribution in [2.24, 2.45) is 5.92 Å². The molecule has 0 radical (unpaired) electrons. The monoisotopic (exact) mass is 258 g/mol. The van der Waals surface area contributed by atoms with Gasteiger partial charge in [-0.3, -0.25) is 4.79 Å². The van der Waals surface area contributed by atoms with Crippen molar-refractivity contribution in [1.82, 2.24) is 5.32 Å². The van der Waals surface area contributed by atoms with Gasteiger partial charge in [-0.1, -0.05) is 13.8 Å². The third kappa shape index (κ3) is 3.16. The number of aliphatic hydroxyl groups is 1. The van der Waals surface area contributed by atoms with Crippen LogP contribution in [0.15, 0.2) is 12.1 Å². The first-order valence-corrected chi connectivity index (χ1v) is 5.53. The molecule has 0 aromatic heterocycles. The average Bonchev–Trinajstić information content (AvgIpc) is 2.29. The van der Waals surface area contributed by atoms with Gasteiger partial charge in [0.25, 0.3) is 5.91 Å². The Balaban J connectivity index is 2.97. The third-order valence-electron chi connectivity index (χ3n) is 2.63. The van der Waals surface area contributed by atoms with E-state index in [2.05, 4.69) is 5.32 Å². The Morgan fingerprint density at radius 2 is 2.06 bits per heavy atom. The summed E-state index contributed by atoms with van der Waals surface area (Å²) in [6.45, 7) is 3.30. The molecule has 0 bridgehead atoms. The van der Waals surface area contributed by atoms with E-state index in [0.717, 1.165) is 12.1 Å². The molecule has 0 spiro atoms. The van der Waals surface area contributed by atoms with Crippen molar-refractivity contribution in [3.63, 3.8) is 0 Å². The van der Waals surface area contributed by atoms with Crippen LogP contribution in [0.2, 0.25) is 0 Å². The zero-order valence-corrected chi connectivity index (χ0v) is 10.2. The number of carbonyl (C=O) groups is 1. The number of hydrogen-bond donors (Lipinski definition) is 3. The summed E-state index contributed by atoms with van der Waals surface area (Å²) < 4.78 is 26.6. The van der Waals surface area contributed by atoms with Crippen molar-refractivity contribution in [1.29, 1.82) is 0 Å². The van der Waals surface area contributed by atoms with E-state index in [1.54, 1.807) is 13.8 Å². The SMILES string of the molecule is CC(C)[C@@H](CO)NC(=O)c1cc(F)cc(N)c1F. The van der Waals surface area contributed by atoms with Crippen molar-refractivity contribution in [2.75, 3.05) is 12.3 Å². The molecule has 100 valence electrons. The van der Waals surface area contributed by atoms with E-state index >= 15 is 0 Å². The molecule has 1 aromatic carbocycles. The summed E-state index contributed by atoms with van der Waals surface area (Å²) in [6.07, 6.45) is 0. The number of benzene rings is 1. The highest BCUT2D eigenvalue weighted by Gasteiger charge is 2.20. The van der Waals surface area contributed by atoms with E-state index in [1.807, 2.05) is 0 Å². The van der Waals surface area contributed by atoms with Crippen molar-refractivity contribution < 1.29 is 18.7 Å². The van der Waals surface area contributed by atoms with Crippen molar-refractivity contribution in [3.8, 4) is 0 Å². The molecule has 1 atom stereocenters. The first kappa shape index (κ1) is 14.4. The Kier molecular flexibility index (Phi) is 4.61. The Bertz CT molecular complexity index is 450. The quantitative estimate of drug-likeness (QED) is 0.712. The van der Waals surface area contributed by atoms with Crippen LogP contribution < -0.4 is 11.1 Å². The molecular formula is C12H16F2N2O2. The standard InChI is InChI=1S/C12H16F2N2O2/c1-6(2)10(5-17)16-12(18)8-3-7(13)4-9(15)11(8)14/h3-4,6,10,17H,5,15H2,1-2H3,(H,16,18)/t10-/m1/s1. The van der Waals surface area contributed by atoms with Crippen LogP contribution in [0.4, 0.5) is 14.5 Å². The summed E-state index contributed by atoms with van der Waals surface area (Å²) in [5, 5.41) is 11.5. The molecule has 0 saturated heterocycles. The van der Waals surface area contributed by atoms with Gasteiger partial charge in [0.2, 0.25) is 0 Å². The maximum absolute atomic E-state index is 13.6. The molecule has 0 aliphatic heterocycles. The number of aliphatic hydroxyl groups excluding tert-OH is 1. The molecule has 0 unspecified atom stereocenters. The Labute approximate surface area is 104 Å². The fraction of sp³-hybridized carbons (Fsp3) is 0.417. The zero-order chi connectivity index (χ0) is 13.9. The predicted octanol–water partition coefficient (Wildman–Crippen LogP) is 1.29. The van der Waals surface area contributed by atoms with E-state index in [4.69, 9.17) is 10.8 Å². The second-order valence-electron chi connectivity index (χ2n) is 4.36. The molecule has 0 aliphatic carbocycles. The van der Waals surface area contributed by atoms with Gasteiger partial charge in [0.1, 0.15) is 5.82 Å². The molecule has 0 saturated carbocycles. The molecule has 1 aromatic rings. The molecule has 1 amide bonds. The third-order valence-corrected chi connectivity index (χ3v) is 2.63. The smallest absolute Gasteiger partial charge is 0.254 e. The van der Waals surface area contributed by atoms with Crippen LogP contribution in [0.3, 0.4) is 0 Å². The predicted molar refractivity (Wildman–Crippen MR) is 63.9 cm³/mol. The fourth-order valence-corrected chi connectivity index (χ4v) is 1.44. The lowest BCUT2D eigenvalue weighted by atomic mass is 10.0. The lowest BCUT2D eigenvalue weighted by Gasteiger charge is -2.20. The van der Waals surface area contributed by atoms with E-state index in [0.29, 0.717) is 0 Å². The van der Waals surface area contributed by atoms with Crippen LogP contribution in [0.25, 0.3) is 0 Å². The number of amides is 1. The highest BCUT2D eigenvalue weighted by molar-refractivity contribution is 5.95. The van der Waals surface area contributed by atoms with Crippen LogP contribution >= 0.6 is 0 Å². The van der Waals surface area contributed by atoms with E-state index in [9.17, 15) is 13.6 Å². The van der Waals surface area contributed by atoms with Crippen LogP contribution in [0.1, 0.15) is 24.2 Å². The Morgan fingerprint density at radius 1 is 1.44 bits per heavy atom. The number of carbonyl (C=O) groups excluding carboxylic acids is 1. The molecule has 6 heteroatoms. The van der Waals surface area contributed by atoms with Gasteiger partial charge >= 0.3 is 0 Å². The van der Waals surface area contributed by atoms with Gasteiger partial charge in [0.05, 0.1) is 23.9 Å². The second-order valence-corrected chi connectivity index (χ2v) is 4.36. The summed E-state index contributed by atoms with van der Waals surface area (Å²) >= 11 is 0. The van der Waals surface area contributed by atoms with Crippen molar-refractivity contribution in [3.05, 3.63) is 29.3 Å². The van der Waals surface area contributed by atoms with E-state index in [-0.39, 0.29) is 12.5 Å². The summed E-state index contributed by atoms with van der Waals surface area (Å²) in [5.41, 5.74) is 4.35. The largest absolute Gasteiger partial charge is 0.396 e. The van der Waals surface area contributed by atoms with E-state index < -0.39 is 34.8 Å². The number of anilines is 1. The number of nitrogens with two attached hydrogens (primary N) is 1. The summed E-state index contributed by atoms with van der Waals surface area (Å²) in [4.78, 5) is 11.8. The van der Waals surface area contributed by atoms with Gasteiger partial charge in [0.15, 0.2) is 5.82 Å². The zero-order valence-electron chi connectivity index (χ0n) is 10.2. The maximum Gasteiger partial charge on any atom is 0.254 e. The summed E-state index contributed by atoms with van der Waals surface area (Å²) in [7, 11) is 0. The highest BCUT2D eigenvalue weighted by atomic mass is 19.1. The molecule has 1 rings (SSSR count). The van der Waals surface area contributed by atoms with E-state index in [1.165, 1.54) is 0 Å². The summed E-state index contributed by atoms with van der Waals surface area (Å²) in [5.74, 6) is -2.59. The molecular weight excluding hydrogens is 242 g/mol. The van der Waals surface area contributed by atoms with Crippen LogP contribution in [0, 0.1) is 17.6 Å². The minimum Gasteiger partial charge on any atom is -0.396 e. The first-order valence-electron chi connectivity index (χ1n) is 5.53. The number of nitrogens with one attached hydrogen (secondary N) is 1. The summed E-state index contributed by atoms with van der Waals surface area (Å²) in [6, 6.07) is 1.05. The van der Waals surface area contributed by atoms with Gasteiger partial charge < -0.3 is 16.2 Å². The maximum atomic E-state index is 13.6. The van der Waals surface area contributed by atoms with Gasteiger partial charge in [-0.15, -0.1) is 0 Å². The number of hydrogen-bond acceptors (Lipinski definition) is 3. The van der Waals surface area contributed by atoms with Crippen LogP contribution in [-0.4, -0.2) is 23.7 Å². The normalized spacial score (nSPS) is 12.6. The molecule has 0 heterocycles. The van der Waals surface area contributed by atoms with Gasteiger partial charge in [-0.25, -0.2) is 8.78 Å². The lowest BCUT2D eigenvalue weighted by Crippen LogP contribution is -2.41. The molecule has 0 fully saturated rings.